The maximum atomic E-state index is 13.7. The van der Waals surface area contributed by atoms with Gasteiger partial charge in [0.05, 0.1) is 18.1 Å². The quantitative estimate of drug-likeness (QED) is 0.566. The smallest absolute Gasteiger partial charge is 0.268 e. The van der Waals surface area contributed by atoms with Crippen molar-refractivity contribution in [3.8, 4) is 6.07 Å². The summed E-state index contributed by atoms with van der Waals surface area (Å²) in [5.41, 5.74) is -0.355. The minimum absolute atomic E-state index is 0.0718. The van der Waals surface area contributed by atoms with Crippen LogP contribution in [0.15, 0.2) is 18.2 Å². The molecule has 1 aromatic heterocycles. The van der Waals surface area contributed by atoms with Crippen molar-refractivity contribution < 1.29 is 23.2 Å². The van der Waals surface area contributed by atoms with Gasteiger partial charge in [-0.2, -0.15) is 5.26 Å². The van der Waals surface area contributed by atoms with Crippen molar-refractivity contribution in [2.75, 3.05) is 6.54 Å². The predicted octanol–water partition coefficient (Wildman–Crippen LogP) is 1.24. The Hall–Kier alpha value is -3.48. The van der Waals surface area contributed by atoms with Gasteiger partial charge in [0.25, 0.3) is 5.91 Å². The monoisotopic (exact) mass is 415 g/mol. The van der Waals surface area contributed by atoms with Gasteiger partial charge in [-0.15, -0.1) is 0 Å². The number of aromatic nitrogens is 1. The van der Waals surface area contributed by atoms with Crippen LogP contribution < -0.4 is 16.0 Å². The summed E-state index contributed by atoms with van der Waals surface area (Å²) in [5.74, 6) is -3.15. The number of hydrogen-bond donors (Lipinski definition) is 4. The van der Waals surface area contributed by atoms with Crippen LogP contribution in [0.25, 0.3) is 10.9 Å². The summed E-state index contributed by atoms with van der Waals surface area (Å²) in [7, 11) is 0. The van der Waals surface area contributed by atoms with Crippen LogP contribution in [0, 0.1) is 28.9 Å². The molecule has 1 spiro atoms. The molecule has 1 aliphatic carbocycles. The molecular formula is C20H19F2N5O3. The Morgan fingerprint density at radius 2 is 2.03 bits per heavy atom. The van der Waals surface area contributed by atoms with Crippen LogP contribution in [0.5, 0.6) is 0 Å². The van der Waals surface area contributed by atoms with Crippen molar-refractivity contribution in [1.29, 1.82) is 5.26 Å². The van der Waals surface area contributed by atoms with Crippen LogP contribution in [0.1, 0.15) is 36.2 Å². The fourth-order valence-corrected chi connectivity index (χ4v) is 3.85. The van der Waals surface area contributed by atoms with E-state index < -0.39 is 36.0 Å². The second kappa shape index (κ2) is 7.40. The first-order chi connectivity index (χ1) is 14.3. The van der Waals surface area contributed by atoms with E-state index in [9.17, 15) is 28.4 Å². The molecule has 0 unspecified atom stereocenters. The molecule has 4 N–H and O–H groups in total. The average Bonchev–Trinajstić information content (AvgIpc) is 3.17. The second-order valence-electron chi connectivity index (χ2n) is 7.84. The van der Waals surface area contributed by atoms with Gasteiger partial charge in [-0.3, -0.25) is 14.4 Å². The summed E-state index contributed by atoms with van der Waals surface area (Å²) in [6.07, 6.45) is 2.73. The van der Waals surface area contributed by atoms with E-state index in [1.54, 1.807) is 0 Å². The summed E-state index contributed by atoms with van der Waals surface area (Å²) in [6, 6.07) is 4.16. The Morgan fingerprint density at radius 1 is 1.30 bits per heavy atom. The zero-order valence-corrected chi connectivity index (χ0v) is 15.9. The standard InChI is InChI=1S/C20H19F2N5O3/c21-13-1-2-14(22)17-12(13)6-15(26-17)19(30)24-9-16(28)25-11(8-23)5-10-7-20(3-4-20)27-18(10)29/h1-2,6,10-11,26H,3-5,7,9H2,(H,24,30)(H,25,28)(H,27,29)/t10-,11+/m1/s1. The van der Waals surface area contributed by atoms with E-state index in [0.717, 1.165) is 31.0 Å². The number of nitrogens with zero attached hydrogens (tertiary/aromatic N) is 1. The van der Waals surface area contributed by atoms with Crippen molar-refractivity contribution >= 4 is 28.6 Å². The van der Waals surface area contributed by atoms with Gasteiger partial charge in [0.1, 0.15) is 23.4 Å². The number of rotatable bonds is 6. The lowest BCUT2D eigenvalue weighted by Gasteiger charge is -2.14. The number of benzene rings is 1. The molecule has 2 aromatic rings. The van der Waals surface area contributed by atoms with Gasteiger partial charge in [-0.05, 0) is 43.9 Å². The van der Waals surface area contributed by atoms with Gasteiger partial charge in [0, 0.05) is 16.8 Å². The first kappa shape index (κ1) is 19.8. The minimum Gasteiger partial charge on any atom is -0.350 e. The number of nitrogens with one attached hydrogen (secondary N) is 4. The van der Waals surface area contributed by atoms with Gasteiger partial charge in [0.2, 0.25) is 11.8 Å². The summed E-state index contributed by atoms with van der Waals surface area (Å²) >= 11 is 0. The van der Waals surface area contributed by atoms with Crippen molar-refractivity contribution in [3.05, 3.63) is 35.5 Å². The number of hydrogen-bond acceptors (Lipinski definition) is 4. The molecule has 30 heavy (non-hydrogen) atoms. The third-order valence-electron chi connectivity index (χ3n) is 5.61. The molecular weight excluding hydrogens is 396 g/mol. The fraction of sp³-hybridized carbons (Fsp3) is 0.400. The summed E-state index contributed by atoms with van der Waals surface area (Å²) in [6.45, 7) is -0.432. The largest absolute Gasteiger partial charge is 0.350 e. The number of aromatic amines is 1. The summed E-state index contributed by atoms with van der Waals surface area (Å²) in [4.78, 5) is 38.8. The minimum atomic E-state index is -0.865. The molecule has 2 heterocycles. The van der Waals surface area contributed by atoms with Crippen LogP contribution in [0.4, 0.5) is 8.78 Å². The highest BCUT2D eigenvalue weighted by atomic mass is 19.1. The van der Waals surface area contributed by atoms with E-state index in [2.05, 4.69) is 20.9 Å². The average molecular weight is 415 g/mol. The molecule has 1 saturated carbocycles. The molecule has 8 nitrogen and oxygen atoms in total. The van der Waals surface area contributed by atoms with Gasteiger partial charge < -0.3 is 20.9 Å². The van der Waals surface area contributed by atoms with Gasteiger partial charge in [-0.1, -0.05) is 0 Å². The highest BCUT2D eigenvalue weighted by Crippen LogP contribution is 2.46. The summed E-state index contributed by atoms with van der Waals surface area (Å²) < 4.78 is 27.5. The molecule has 2 atom stereocenters. The highest BCUT2D eigenvalue weighted by molar-refractivity contribution is 5.99. The maximum absolute atomic E-state index is 13.7. The van der Waals surface area contributed by atoms with E-state index in [1.165, 1.54) is 0 Å². The van der Waals surface area contributed by atoms with Crippen LogP contribution in [0.3, 0.4) is 0 Å². The van der Waals surface area contributed by atoms with Crippen LogP contribution in [0.2, 0.25) is 0 Å². The SMILES string of the molecule is N#C[C@H](C[C@@H]1CC2(CC2)NC1=O)NC(=O)CNC(=O)c1cc2c(F)ccc(F)c2[nH]1. The Labute approximate surface area is 170 Å². The Morgan fingerprint density at radius 3 is 2.67 bits per heavy atom. The molecule has 1 saturated heterocycles. The molecule has 2 aliphatic rings. The van der Waals surface area contributed by atoms with Gasteiger partial charge >= 0.3 is 0 Å². The van der Waals surface area contributed by atoms with E-state index in [-0.39, 0.29) is 40.4 Å². The lowest BCUT2D eigenvalue weighted by molar-refractivity contribution is -0.124. The molecule has 10 heteroatoms. The van der Waals surface area contributed by atoms with Crippen LogP contribution in [-0.4, -0.2) is 40.8 Å². The molecule has 156 valence electrons. The lowest BCUT2D eigenvalue weighted by Crippen LogP contribution is -2.42. The number of amides is 3. The number of carbonyl (C=O) groups is 3. The van der Waals surface area contributed by atoms with Crippen molar-refractivity contribution in [3.63, 3.8) is 0 Å². The Kier molecular flexibility index (Phi) is 4.89. The van der Waals surface area contributed by atoms with Gasteiger partial charge in [-0.25, -0.2) is 8.78 Å². The maximum Gasteiger partial charge on any atom is 0.268 e. The van der Waals surface area contributed by atoms with E-state index >= 15 is 0 Å². The molecule has 0 radical (unpaired) electrons. The van der Waals surface area contributed by atoms with E-state index in [4.69, 9.17) is 0 Å². The first-order valence-electron chi connectivity index (χ1n) is 9.56. The molecule has 4 rings (SSSR count). The third kappa shape index (κ3) is 3.83. The molecule has 3 amide bonds. The first-order valence-corrected chi connectivity index (χ1v) is 9.56. The molecule has 1 aromatic carbocycles. The zero-order chi connectivity index (χ0) is 21.5. The predicted molar refractivity (Wildman–Crippen MR) is 101 cm³/mol. The van der Waals surface area contributed by atoms with E-state index in [0.29, 0.717) is 6.42 Å². The van der Waals surface area contributed by atoms with E-state index in [1.807, 2.05) is 6.07 Å². The van der Waals surface area contributed by atoms with Crippen LogP contribution in [-0.2, 0) is 9.59 Å². The molecule has 0 bridgehead atoms. The number of carbonyl (C=O) groups excluding carboxylic acids is 3. The number of nitriles is 1. The third-order valence-corrected chi connectivity index (χ3v) is 5.61. The lowest BCUT2D eigenvalue weighted by atomic mass is 9.96. The number of fused-ring (bicyclic) bond motifs is 1. The number of H-pyrrole nitrogens is 1. The molecule has 2 fully saturated rings. The Bertz CT molecular complexity index is 1050. The number of halogens is 2. The van der Waals surface area contributed by atoms with Crippen molar-refractivity contribution in [1.82, 2.24) is 20.9 Å². The second-order valence-corrected chi connectivity index (χ2v) is 7.84. The normalized spacial score (nSPS) is 19.9. The van der Waals surface area contributed by atoms with Crippen molar-refractivity contribution in [2.45, 2.75) is 37.3 Å². The van der Waals surface area contributed by atoms with Crippen molar-refractivity contribution in [2.24, 2.45) is 5.92 Å². The summed E-state index contributed by atoms with van der Waals surface area (Å²) in [5, 5.41) is 17.0. The van der Waals surface area contributed by atoms with Crippen LogP contribution >= 0.6 is 0 Å². The Balaban J connectivity index is 1.31. The highest BCUT2D eigenvalue weighted by Gasteiger charge is 2.52. The topological polar surface area (TPSA) is 127 Å². The zero-order valence-electron chi connectivity index (χ0n) is 15.9. The van der Waals surface area contributed by atoms with Gasteiger partial charge in [0.15, 0.2) is 0 Å². The fourth-order valence-electron chi connectivity index (χ4n) is 3.85. The molecule has 1 aliphatic heterocycles.